The van der Waals surface area contributed by atoms with Gasteiger partial charge in [-0.2, -0.15) is 0 Å². The third-order valence-electron chi connectivity index (χ3n) is 3.82. The molecule has 0 atom stereocenters. The van der Waals surface area contributed by atoms with Crippen LogP contribution in [0.15, 0.2) is 42.5 Å². The second-order valence-corrected chi connectivity index (χ2v) is 6.01. The van der Waals surface area contributed by atoms with Gasteiger partial charge in [0.2, 0.25) is 11.8 Å². The van der Waals surface area contributed by atoms with Gasteiger partial charge in [-0.25, -0.2) is 4.79 Å². The molecule has 0 spiro atoms. The van der Waals surface area contributed by atoms with Gasteiger partial charge in [0.1, 0.15) is 6.54 Å². The Morgan fingerprint density at radius 3 is 2.35 bits per heavy atom. The average molecular weight is 375 g/mol. The van der Waals surface area contributed by atoms with Crippen LogP contribution in [0.3, 0.4) is 0 Å². The number of carbonyl (C=O) groups excluding carboxylic acids is 3. The van der Waals surface area contributed by atoms with Gasteiger partial charge in [0, 0.05) is 23.3 Å². The summed E-state index contributed by atoms with van der Waals surface area (Å²) in [6, 6.07) is 11.5. The topological polar surface area (TPSA) is 75.7 Å². The van der Waals surface area contributed by atoms with Crippen LogP contribution < -0.4 is 10.2 Å². The van der Waals surface area contributed by atoms with E-state index in [1.165, 1.54) is 31.1 Å². The molecule has 26 heavy (non-hydrogen) atoms. The maximum atomic E-state index is 12.4. The van der Waals surface area contributed by atoms with E-state index in [2.05, 4.69) is 10.1 Å². The number of methoxy groups -OCH3 is 1. The summed E-state index contributed by atoms with van der Waals surface area (Å²) in [6.45, 7) is 3.00. The molecule has 0 unspecified atom stereocenters. The molecule has 0 radical (unpaired) electrons. The highest BCUT2D eigenvalue weighted by Gasteiger charge is 2.17. The zero-order valence-corrected chi connectivity index (χ0v) is 15.5. The summed E-state index contributed by atoms with van der Waals surface area (Å²) in [7, 11) is 1.29. The highest BCUT2D eigenvalue weighted by Crippen LogP contribution is 2.23. The van der Waals surface area contributed by atoms with Crippen molar-refractivity contribution in [3.8, 4) is 0 Å². The number of benzene rings is 2. The molecule has 6 nitrogen and oxygen atoms in total. The van der Waals surface area contributed by atoms with Crippen LogP contribution in [0.1, 0.15) is 22.8 Å². The third-order valence-corrected chi connectivity index (χ3v) is 4.23. The predicted molar refractivity (Wildman–Crippen MR) is 101 cm³/mol. The standard InChI is InChI=1S/C19H19ClN2O4/c1-12-16(20)5-4-6-17(12)21-18(24)11-22(13(2)23)15-9-7-14(8-10-15)19(25)26-3/h4-10H,11H2,1-3H3,(H,21,24). The third kappa shape index (κ3) is 4.61. The number of carbonyl (C=O) groups is 3. The zero-order chi connectivity index (χ0) is 19.3. The van der Waals surface area contributed by atoms with Crippen LogP contribution in [0.2, 0.25) is 5.02 Å². The van der Waals surface area contributed by atoms with Crippen molar-refractivity contribution in [1.29, 1.82) is 0 Å². The highest BCUT2D eigenvalue weighted by atomic mass is 35.5. The van der Waals surface area contributed by atoms with Gasteiger partial charge in [0.15, 0.2) is 0 Å². The quantitative estimate of drug-likeness (QED) is 0.813. The lowest BCUT2D eigenvalue weighted by Gasteiger charge is -2.21. The predicted octanol–water partition coefficient (Wildman–Crippen LogP) is 3.43. The second-order valence-electron chi connectivity index (χ2n) is 5.60. The molecule has 0 aliphatic rings. The zero-order valence-electron chi connectivity index (χ0n) is 14.7. The highest BCUT2D eigenvalue weighted by molar-refractivity contribution is 6.31. The van der Waals surface area contributed by atoms with E-state index in [0.717, 1.165) is 5.56 Å². The van der Waals surface area contributed by atoms with E-state index >= 15 is 0 Å². The van der Waals surface area contributed by atoms with Gasteiger partial charge in [0.25, 0.3) is 0 Å². The number of amides is 2. The van der Waals surface area contributed by atoms with Crippen molar-refractivity contribution in [1.82, 2.24) is 0 Å². The Labute approximate surface area is 156 Å². The van der Waals surface area contributed by atoms with Crippen LogP contribution in [0.5, 0.6) is 0 Å². The summed E-state index contributed by atoms with van der Waals surface area (Å²) >= 11 is 6.05. The molecule has 1 N–H and O–H groups in total. The fraction of sp³-hybridized carbons (Fsp3) is 0.211. The largest absolute Gasteiger partial charge is 0.465 e. The minimum absolute atomic E-state index is 0.168. The van der Waals surface area contributed by atoms with Crippen LogP contribution >= 0.6 is 11.6 Å². The summed E-state index contributed by atoms with van der Waals surface area (Å²) in [5, 5.41) is 3.30. The summed E-state index contributed by atoms with van der Waals surface area (Å²) in [5.74, 6) is -1.13. The van der Waals surface area contributed by atoms with Crippen LogP contribution in [0.4, 0.5) is 11.4 Å². The van der Waals surface area contributed by atoms with Crippen LogP contribution in [-0.4, -0.2) is 31.4 Å². The van der Waals surface area contributed by atoms with Gasteiger partial charge in [-0.1, -0.05) is 17.7 Å². The normalized spacial score (nSPS) is 10.2. The van der Waals surface area contributed by atoms with Crippen LogP contribution in [0.25, 0.3) is 0 Å². The molecule has 2 amide bonds. The van der Waals surface area contributed by atoms with E-state index in [-0.39, 0.29) is 18.4 Å². The number of nitrogens with zero attached hydrogens (tertiary/aromatic N) is 1. The van der Waals surface area contributed by atoms with Gasteiger partial charge in [-0.05, 0) is 48.9 Å². The number of nitrogens with one attached hydrogen (secondary N) is 1. The number of anilines is 2. The van der Waals surface area contributed by atoms with Gasteiger partial charge in [-0.3, -0.25) is 9.59 Å². The van der Waals surface area contributed by atoms with E-state index in [0.29, 0.717) is 22.0 Å². The van der Waals surface area contributed by atoms with Crippen LogP contribution in [-0.2, 0) is 14.3 Å². The second kappa shape index (κ2) is 8.49. The molecule has 0 bridgehead atoms. The van der Waals surface area contributed by atoms with Crippen molar-refractivity contribution < 1.29 is 19.1 Å². The van der Waals surface area contributed by atoms with E-state index < -0.39 is 5.97 Å². The lowest BCUT2D eigenvalue weighted by molar-refractivity contribution is -0.120. The van der Waals surface area contributed by atoms with Crippen molar-refractivity contribution in [2.24, 2.45) is 0 Å². The molecule has 136 valence electrons. The molecule has 2 aromatic rings. The number of ether oxygens (including phenoxy) is 1. The van der Waals surface area contributed by atoms with Gasteiger partial charge >= 0.3 is 5.97 Å². The Bertz CT molecular complexity index is 834. The Balaban J connectivity index is 2.15. The number of esters is 1. The van der Waals surface area contributed by atoms with Gasteiger partial charge in [-0.15, -0.1) is 0 Å². The maximum absolute atomic E-state index is 12.4. The lowest BCUT2D eigenvalue weighted by atomic mass is 10.2. The average Bonchev–Trinajstić information content (AvgIpc) is 2.63. The van der Waals surface area contributed by atoms with Crippen molar-refractivity contribution in [2.75, 3.05) is 23.9 Å². The van der Waals surface area contributed by atoms with Gasteiger partial charge < -0.3 is 15.0 Å². The molecule has 0 aliphatic heterocycles. The first-order valence-corrected chi connectivity index (χ1v) is 8.22. The number of hydrogen-bond donors (Lipinski definition) is 1. The fourth-order valence-corrected chi connectivity index (χ4v) is 2.53. The van der Waals surface area contributed by atoms with Crippen molar-refractivity contribution >= 4 is 40.8 Å². The Morgan fingerprint density at radius 1 is 1.12 bits per heavy atom. The minimum Gasteiger partial charge on any atom is -0.465 e. The first kappa shape index (κ1) is 19.5. The molecule has 7 heteroatoms. The first-order valence-electron chi connectivity index (χ1n) is 7.85. The molecule has 2 rings (SSSR count). The molecule has 0 fully saturated rings. The SMILES string of the molecule is COC(=O)c1ccc(N(CC(=O)Nc2cccc(Cl)c2C)C(C)=O)cc1. The minimum atomic E-state index is -0.472. The fourth-order valence-electron chi connectivity index (χ4n) is 2.36. The van der Waals surface area contributed by atoms with Crippen molar-refractivity contribution in [3.05, 3.63) is 58.6 Å². The number of halogens is 1. The van der Waals surface area contributed by atoms with Crippen molar-refractivity contribution in [3.63, 3.8) is 0 Å². The van der Waals surface area contributed by atoms with Gasteiger partial charge in [0.05, 0.1) is 12.7 Å². The summed E-state index contributed by atoms with van der Waals surface area (Å²) < 4.78 is 4.64. The molecular formula is C19H19ClN2O4. The molecule has 0 aliphatic carbocycles. The first-order chi connectivity index (χ1) is 12.3. The summed E-state index contributed by atoms with van der Waals surface area (Å²) in [4.78, 5) is 37.1. The van der Waals surface area contributed by atoms with E-state index in [1.54, 1.807) is 37.3 Å². The van der Waals surface area contributed by atoms with E-state index in [9.17, 15) is 14.4 Å². The molecule has 0 heterocycles. The Morgan fingerprint density at radius 2 is 1.77 bits per heavy atom. The number of hydrogen-bond acceptors (Lipinski definition) is 4. The van der Waals surface area contributed by atoms with E-state index in [4.69, 9.17) is 11.6 Å². The smallest absolute Gasteiger partial charge is 0.337 e. The molecule has 0 saturated carbocycles. The maximum Gasteiger partial charge on any atom is 0.337 e. The lowest BCUT2D eigenvalue weighted by Crippen LogP contribution is -2.36. The Kier molecular flexibility index (Phi) is 6.36. The van der Waals surface area contributed by atoms with Crippen molar-refractivity contribution in [2.45, 2.75) is 13.8 Å². The Hall–Kier alpha value is -2.86. The monoisotopic (exact) mass is 374 g/mol. The molecule has 2 aromatic carbocycles. The molecule has 0 aromatic heterocycles. The van der Waals surface area contributed by atoms with Crippen LogP contribution in [0, 0.1) is 6.92 Å². The molecule has 0 saturated heterocycles. The molecular weight excluding hydrogens is 356 g/mol. The number of rotatable bonds is 5. The summed E-state index contributed by atoms with van der Waals surface area (Å²) in [5.41, 5.74) is 2.20. The van der Waals surface area contributed by atoms with E-state index in [1.807, 2.05) is 0 Å². The summed E-state index contributed by atoms with van der Waals surface area (Å²) in [6.07, 6.45) is 0.